The Kier molecular flexibility index (Phi) is 4.47. The Morgan fingerprint density at radius 3 is 2.65 bits per heavy atom. The lowest BCUT2D eigenvalue weighted by atomic mass is 10.0. The molecule has 0 radical (unpaired) electrons. The number of hydrazone groups is 1. The van der Waals surface area contributed by atoms with Crippen molar-refractivity contribution in [2.45, 2.75) is 12.8 Å². The fourth-order valence-electron chi connectivity index (χ4n) is 1.97. The van der Waals surface area contributed by atoms with E-state index in [4.69, 9.17) is 18.0 Å². The van der Waals surface area contributed by atoms with Crippen LogP contribution in [0, 0.1) is 0 Å². The van der Waals surface area contributed by atoms with Crippen LogP contribution in [-0.4, -0.2) is 23.3 Å². The molecule has 3 N–H and O–H groups in total. The average molecular weight is 288 g/mol. The lowest BCUT2D eigenvalue weighted by molar-refractivity contribution is -0.121. The van der Waals surface area contributed by atoms with Crippen molar-refractivity contribution in [3.05, 3.63) is 42.5 Å². The largest absolute Gasteiger partial charge is 0.376 e. The summed E-state index contributed by atoms with van der Waals surface area (Å²) in [5.41, 5.74) is 10.9. The summed E-state index contributed by atoms with van der Waals surface area (Å²) in [5.74, 6) is -0.0454. The van der Waals surface area contributed by atoms with Crippen LogP contribution in [0.25, 0.3) is 0 Å². The summed E-state index contributed by atoms with van der Waals surface area (Å²) in [4.78, 5) is 12.9. The van der Waals surface area contributed by atoms with E-state index in [-0.39, 0.29) is 5.91 Å². The quantitative estimate of drug-likeness (QED) is 0.651. The first kappa shape index (κ1) is 14.2. The Balaban J connectivity index is 2.19. The summed E-state index contributed by atoms with van der Waals surface area (Å²) < 4.78 is 0. The number of hydrogen-bond acceptors (Lipinski definition) is 3. The summed E-state index contributed by atoms with van der Waals surface area (Å²) in [5, 5.41) is 4.37. The first-order valence-electron chi connectivity index (χ1n) is 6.25. The van der Waals surface area contributed by atoms with Gasteiger partial charge in [-0.3, -0.25) is 4.79 Å². The molecule has 2 rings (SSSR count). The predicted octanol–water partition coefficient (Wildman–Crippen LogP) is 1.54. The molecule has 0 atom stereocenters. The molecule has 0 aliphatic carbocycles. The van der Waals surface area contributed by atoms with Gasteiger partial charge in [-0.25, -0.2) is 5.43 Å². The van der Waals surface area contributed by atoms with Gasteiger partial charge in [0.2, 0.25) is 5.91 Å². The molecule has 0 spiro atoms. The minimum absolute atomic E-state index is 0.0454. The van der Waals surface area contributed by atoms with Gasteiger partial charge < -0.3 is 10.6 Å². The number of benzene rings is 1. The topological polar surface area (TPSA) is 70.7 Å². The second-order valence-electron chi connectivity index (χ2n) is 4.38. The maximum absolute atomic E-state index is 11.1. The van der Waals surface area contributed by atoms with E-state index < -0.39 is 0 Å². The third kappa shape index (κ3) is 3.21. The van der Waals surface area contributed by atoms with Crippen molar-refractivity contribution in [2.75, 3.05) is 11.4 Å². The number of nitrogens with one attached hydrogen (secondary N) is 1. The van der Waals surface area contributed by atoms with Crippen molar-refractivity contribution >= 4 is 34.6 Å². The van der Waals surface area contributed by atoms with E-state index in [1.807, 2.05) is 24.3 Å². The SMILES string of the molecule is C=CCN(C(N)=S)c1ccc(C2=NNC(=O)CC2)cc1. The van der Waals surface area contributed by atoms with E-state index in [1.165, 1.54) is 0 Å². The molecule has 1 amide bonds. The van der Waals surface area contributed by atoms with Crippen LogP contribution in [0.5, 0.6) is 0 Å². The van der Waals surface area contributed by atoms with Gasteiger partial charge >= 0.3 is 0 Å². The molecule has 0 fully saturated rings. The molecule has 0 bridgehead atoms. The molecule has 0 saturated heterocycles. The maximum atomic E-state index is 11.1. The van der Waals surface area contributed by atoms with Gasteiger partial charge in [-0.2, -0.15) is 5.10 Å². The maximum Gasteiger partial charge on any atom is 0.240 e. The second-order valence-corrected chi connectivity index (χ2v) is 4.80. The Morgan fingerprint density at radius 2 is 2.15 bits per heavy atom. The molecule has 0 saturated carbocycles. The molecule has 5 nitrogen and oxygen atoms in total. The minimum Gasteiger partial charge on any atom is -0.376 e. The molecule has 0 aromatic heterocycles. The number of carbonyl (C=O) groups is 1. The van der Waals surface area contributed by atoms with Crippen LogP contribution in [0.1, 0.15) is 18.4 Å². The van der Waals surface area contributed by atoms with Crippen molar-refractivity contribution in [2.24, 2.45) is 10.8 Å². The van der Waals surface area contributed by atoms with E-state index >= 15 is 0 Å². The molecule has 1 aliphatic rings. The normalized spacial score (nSPS) is 14.2. The highest BCUT2D eigenvalue weighted by atomic mass is 32.1. The van der Waals surface area contributed by atoms with E-state index in [2.05, 4.69) is 17.1 Å². The Hall–Kier alpha value is -2.21. The van der Waals surface area contributed by atoms with Crippen LogP contribution in [0.15, 0.2) is 42.0 Å². The molecular weight excluding hydrogens is 272 g/mol. The average Bonchev–Trinajstić information content (AvgIpc) is 2.45. The molecule has 104 valence electrons. The summed E-state index contributed by atoms with van der Waals surface area (Å²) >= 11 is 5.02. The van der Waals surface area contributed by atoms with Crippen LogP contribution in [0.2, 0.25) is 0 Å². The standard InChI is InChI=1S/C14H16N4OS/c1-2-9-18(14(15)20)11-5-3-10(4-6-11)12-7-8-13(19)17-16-12/h2-6H,1,7-9H2,(H2,15,20)(H,17,19). The van der Waals surface area contributed by atoms with E-state index in [1.54, 1.807) is 11.0 Å². The fraction of sp³-hybridized carbons (Fsp3) is 0.214. The van der Waals surface area contributed by atoms with E-state index in [0.717, 1.165) is 17.0 Å². The first-order chi connectivity index (χ1) is 9.61. The number of hydrogen-bond donors (Lipinski definition) is 2. The zero-order valence-corrected chi connectivity index (χ0v) is 11.8. The highest BCUT2D eigenvalue weighted by Gasteiger charge is 2.14. The van der Waals surface area contributed by atoms with Gasteiger partial charge in [-0.15, -0.1) is 6.58 Å². The van der Waals surface area contributed by atoms with Crippen molar-refractivity contribution in [3.63, 3.8) is 0 Å². The number of amides is 1. The van der Waals surface area contributed by atoms with Crippen molar-refractivity contribution < 1.29 is 4.79 Å². The van der Waals surface area contributed by atoms with Gasteiger partial charge in [-0.1, -0.05) is 18.2 Å². The number of rotatable bonds is 4. The van der Waals surface area contributed by atoms with Gasteiger partial charge in [0.05, 0.1) is 5.71 Å². The molecule has 1 aliphatic heterocycles. The molecular formula is C14H16N4OS. The zero-order chi connectivity index (χ0) is 14.5. The Morgan fingerprint density at radius 1 is 1.45 bits per heavy atom. The second kappa shape index (κ2) is 6.29. The molecule has 20 heavy (non-hydrogen) atoms. The number of carbonyl (C=O) groups excluding carboxylic acids is 1. The van der Waals surface area contributed by atoms with E-state index in [0.29, 0.717) is 24.5 Å². The zero-order valence-electron chi connectivity index (χ0n) is 11.0. The number of nitrogens with zero attached hydrogens (tertiary/aromatic N) is 2. The van der Waals surface area contributed by atoms with Gasteiger partial charge in [0.15, 0.2) is 5.11 Å². The van der Waals surface area contributed by atoms with Crippen molar-refractivity contribution in [1.82, 2.24) is 5.43 Å². The number of anilines is 1. The molecule has 6 heteroatoms. The molecule has 0 unspecified atom stereocenters. The van der Waals surface area contributed by atoms with Crippen LogP contribution in [0.3, 0.4) is 0 Å². The summed E-state index contributed by atoms with van der Waals surface area (Å²) in [6.45, 7) is 4.25. The monoisotopic (exact) mass is 288 g/mol. The summed E-state index contributed by atoms with van der Waals surface area (Å²) in [6.07, 6.45) is 2.86. The van der Waals surface area contributed by atoms with E-state index in [9.17, 15) is 4.79 Å². The van der Waals surface area contributed by atoms with Gasteiger partial charge in [-0.05, 0) is 29.9 Å². The predicted molar refractivity (Wildman–Crippen MR) is 84.7 cm³/mol. The first-order valence-corrected chi connectivity index (χ1v) is 6.66. The smallest absolute Gasteiger partial charge is 0.240 e. The summed E-state index contributed by atoms with van der Waals surface area (Å²) in [7, 11) is 0. The Labute approximate surface area is 123 Å². The molecule has 1 aromatic rings. The van der Waals surface area contributed by atoms with Crippen LogP contribution in [-0.2, 0) is 4.79 Å². The lowest BCUT2D eigenvalue weighted by Gasteiger charge is -2.21. The summed E-state index contributed by atoms with van der Waals surface area (Å²) in [6, 6.07) is 7.74. The van der Waals surface area contributed by atoms with Crippen molar-refractivity contribution in [1.29, 1.82) is 0 Å². The highest BCUT2D eigenvalue weighted by molar-refractivity contribution is 7.80. The van der Waals surface area contributed by atoms with Crippen molar-refractivity contribution in [3.8, 4) is 0 Å². The van der Waals surface area contributed by atoms with Crippen LogP contribution in [0.4, 0.5) is 5.69 Å². The number of thiocarbonyl (C=S) groups is 1. The lowest BCUT2D eigenvalue weighted by Crippen LogP contribution is -2.35. The van der Waals surface area contributed by atoms with Gasteiger partial charge in [0.1, 0.15) is 0 Å². The van der Waals surface area contributed by atoms with Gasteiger partial charge in [0, 0.05) is 25.1 Å². The highest BCUT2D eigenvalue weighted by Crippen LogP contribution is 2.17. The van der Waals surface area contributed by atoms with Crippen LogP contribution < -0.4 is 16.1 Å². The minimum atomic E-state index is -0.0454. The van der Waals surface area contributed by atoms with Gasteiger partial charge in [0.25, 0.3) is 0 Å². The third-order valence-electron chi connectivity index (χ3n) is 2.99. The van der Waals surface area contributed by atoms with Crippen LogP contribution >= 0.6 is 12.2 Å². The third-order valence-corrected chi connectivity index (χ3v) is 3.21. The molecule has 1 heterocycles. The molecule has 1 aromatic carbocycles. The number of nitrogens with two attached hydrogens (primary N) is 1. The Bertz CT molecular complexity index is 565. The fourth-order valence-corrected chi connectivity index (χ4v) is 2.15.